The molecule has 0 radical (unpaired) electrons. The predicted octanol–water partition coefficient (Wildman–Crippen LogP) is 7.76. The first-order valence-corrected chi connectivity index (χ1v) is 12.9. The van der Waals surface area contributed by atoms with E-state index in [0.717, 1.165) is 50.1 Å². The maximum absolute atomic E-state index is 13.9. The molecule has 0 atom stereocenters. The van der Waals surface area contributed by atoms with E-state index in [2.05, 4.69) is 40.0 Å². The van der Waals surface area contributed by atoms with Gasteiger partial charge in [-0.25, -0.2) is 18.7 Å². The molecule has 4 nitrogen and oxygen atoms in total. The van der Waals surface area contributed by atoms with Gasteiger partial charge in [0.2, 0.25) is 0 Å². The van der Waals surface area contributed by atoms with Gasteiger partial charge in [0.1, 0.15) is 6.33 Å². The molecule has 5 rings (SSSR count). The summed E-state index contributed by atoms with van der Waals surface area (Å²) in [5.41, 5.74) is 7.37. The molecule has 1 saturated heterocycles. The average Bonchev–Trinajstić information content (AvgIpc) is 3.72. The van der Waals surface area contributed by atoms with Gasteiger partial charge in [-0.1, -0.05) is 43.2 Å². The van der Waals surface area contributed by atoms with Gasteiger partial charge in [0.05, 0.1) is 11.4 Å². The number of likely N-dealkylation sites (tertiary alicyclic amines) is 1. The van der Waals surface area contributed by atoms with Crippen molar-refractivity contribution in [2.24, 2.45) is 5.92 Å². The van der Waals surface area contributed by atoms with Gasteiger partial charge in [0.15, 0.2) is 11.6 Å². The fourth-order valence-electron chi connectivity index (χ4n) is 4.90. The van der Waals surface area contributed by atoms with Crippen molar-refractivity contribution >= 4 is 11.3 Å². The Hall–Kier alpha value is -3.41. The van der Waals surface area contributed by atoms with Gasteiger partial charge >= 0.3 is 0 Å². The summed E-state index contributed by atoms with van der Waals surface area (Å²) in [5, 5.41) is 8.88. The number of benzene rings is 1. The fraction of sp³-hybridized carbons (Fsp3) is 0.367. The van der Waals surface area contributed by atoms with Crippen LogP contribution in [0.25, 0.3) is 5.57 Å². The molecule has 36 heavy (non-hydrogen) atoms. The number of nitrogens with one attached hydrogen (secondary N) is 1. The first-order chi connectivity index (χ1) is 17.5. The minimum Gasteiger partial charge on any atom is -0.375 e. The van der Waals surface area contributed by atoms with E-state index in [1.807, 2.05) is 13.8 Å². The zero-order valence-corrected chi connectivity index (χ0v) is 21.3. The SMILES string of the molecule is C/C(=C(\C(=N)c1ccc(F)c(F)c1)c1ccncn1)C1CCN(C(CC2=CC=C2)=C2CC2)CC1.CC.[HH].[HH]. The Bertz CT molecular complexity index is 1240. The molecule has 192 valence electrons. The van der Waals surface area contributed by atoms with Crippen molar-refractivity contribution in [2.75, 3.05) is 13.1 Å². The summed E-state index contributed by atoms with van der Waals surface area (Å²) in [4.78, 5) is 11.0. The quantitative estimate of drug-likeness (QED) is 0.402. The van der Waals surface area contributed by atoms with E-state index in [1.54, 1.807) is 17.8 Å². The number of aromatic nitrogens is 2. The molecule has 1 aromatic heterocycles. The molecule has 2 aromatic rings. The van der Waals surface area contributed by atoms with E-state index in [1.165, 1.54) is 36.5 Å². The summed E-state index contributed by atoms with van der Waals surface area (Å²) < 4.78 is 27.4. The van der Waals surface area contributed by atoms with Crippen molar-refractivity contribution in [1.82, 2.24) is 14.9 Å². The van der Waals surface area contributed by atoms with E-state index < -0.39 is 11.6 Å². The highest BCUT2D eigenvalue weighted by molar-refractivity contribution is 6.30. The Balaban J connectivity index is 0.00000124. The fourth-order valence-corrected chi connectivity index (χ4v) is 4.90. The molecule has 2 fully saturated rings. The Labute approximate surface area is 215 Å². The third kappa shape index (κ3) is 5.69. The summed E-state index contributed by atoms with van der Waals surface area (Å²) in [5.74, 6) is -1.57. The molecule has 1 N–H and O–H groups in total. The molecule has 3 aliphatic rings. The highest BCUT2D eigenvalue weighted by Crippen LogP contribution is 2.40. The molecule has 1 aliphatic heterocycles. The number of nitrogens with zero attached hydrogens (tertiary/aromatic N) is 3. The van der Waals surface area contributed by atoms with E-state index in [4.69, 9.17) is 5.41 Å². The van der Waals surface area contributed by atoms with Crippen molar-refractivity contribution < 1.29 is 11.6 Å². The van der Waals surface area contributed by atoms with Crippen LogP contribution in [0.4, 0.5) is 8.78 Å². The van der Waals surface area contributed by atoms with E-state index in [9.17, 15) is 8.78 Å². The maximum atomic E-state index is 13.9. The number of hydrogen-bond acceptors (Lipinski definition) is 4. The number of piperidine rings is 1. The summed E-state index contributed by atoms with van der Waals surface area (Å²) in [7, 11) is 0. The summed E-state index contributed by atoms with van der Waals surface area (Å²) >= 11 is 0. The zero-order valence-electron chi connectivity index (χ0n) is 21.3. The summed E-state index contributed by atoms with van der Waals surface area (Å²) in [6.07, 6.45) is 15.0. The summed E-state index contributed by atoms with van der Waals surface area (Å²) in [6.45, 7) is 8.01. The maximum Gasteiger partial charge on any atom is 0.159 e. The molecular weight excluding hydrogens is 454 g/mol. The number of rotatable bonds is 7. The summed E-state index contributed by atoms with van der Waals surface area (Å²) in [6, 6.07) is 5.39. The highest BCUT2D eigenvalue weighted by Gasteiger charge is 2.29. The number of allylic oxidation sites excluding steroid dienone is 7. The average molecular weight is 493 g/mol. The van der Waals surface area contributed by atoms with Crippen molar-refractivity contribution in [1.29, 1.82) is 5.41 Å². The largest absolute Gasteiger partial charge is 0.375 e. The predicted molar refractivity (Wildman–Crippen MR) is 146 cm³/mol. The zero-order chi connectivity index (χ0) is 25.7. The van der Waals surface area contributed by atoms with Crippen LogP contribution in [0.2, 0.25) is 0 Å². The van der Waals surface area contributed by atoms with Crippen molar-refractivity contribution in [3.8, 4) is 0 Å². The van der Waals surface area contributed by atoms with Gasteiger partial charge in [-0.05, 0) is 68.4 Å². The smallest absolute Gasteiger partial charge is 0.159 e. The van der Waals surface area contributed by atoms with Crippen LogP contribution >= 0.6 is 0 Å². The molecule has 1 aromatic carbocycles. The Morgan fingerprint density at radius 1 is 1.11 bits per heavy atom. The lowest BCUT2D eigenvalue weighted by Gasteiger charge is -2.37. The standard InChI is InChI=1S/C28H28F2N4.C2H6.2H2/c1-18(20-10-13-34(14-11-20)26(21-5-6-21)15-19-3-2-4-19)27(25-9-12-32-17-33-25)28(31)22-7-8-23(29)24(30)16-22;1-2;;/h2-4,7-9,12,16-17,20,31H,5-6,10-11,13-15H2,1H3;1-2H3;2*1H/b27-18+,31-28?;;;. The molecule has 0 spiro atoms. The van der Waals surface area contributed by atoms with Crippen LogP contribution in [0.5, 0.6) is 0 Å². The second-order valence-corrected chi connectivity index (χ2v) is 9.25. The van der Waals surface area contributed by atoms with E-state index in [-0.39, 0.29) is 8.56 Å². The molecule has 2 heterocycles. The van der Waals surface area contributed by atoms with Crippen LogP contribution < -0.4 is 0 Å². The van der Waals surface area contributed by atoms with Crippen LogP contribution in [0.1, 0.15) is 67.0 Å². The normalized spacial score (nSPS) is 17.4. The van der Waals surface area contributed by atoms with E-state index in [0.29, 0.717) is 22.7 Å². The molecular formula is C30H38F2N4. The first kappa shape index (κ1) is 25.7. The third-order valence-corrected chi connectivity index (χ3v) is 7.08. The van der Waals surface area contributed by atoms with Gasteiger partial charge in [0.25, 0.3) is 0 Å². The molecule has 2 aliphatic carbocycles. The van der Waals surface area contributed by atoms with Crippen LogP contribution in [0, 0.1) is 23.0 Å². The highest BCUT2D eigenvalue weighted by atomic mass is 19.2. The monoisotopic (exact) mass is 492 g/mol. The van der Waals surface area contributed by atoms with Gasteiger partial charge in [-0.3, -0.25) is 5.41 Å². The van der Waals surface area contributed by atoms with Gasteiger partial charge in [-0.15, -0.1) is 0 Å². The lowest BCUT2D eigenvalue weighted by molar-refractivity contribution is 0.241. The second-order valence-electron chi connectivity index (χ2n) is 9.25. The molecule has 6 heteroatoms. The molecule has 1 saturated carbocycles. The van der Waals surface area contributed by atoms with Crippen LogP contribution in [0.15, 0.2) is 77.4 Å². The lowest BCUT2D eigenvalue weighted by atomic mass is 9.83. The van der Waals surface area contributed by atoms with Crippen LogP contribution in [0.3, 0.4) is 0 Å². The van der Waals surface area contributed by atoms with Gasteiger partial charge < -0.3 is 4.90 Å². The Kier molecular flexibility index (Phi) is 8.24. The second kappa shape index (κ2) is 11.5. The van der Waals surface area contributed by atoms with Gasteiger partial charge in [-0.2, -0.15) is 0 Å². The van der Waals surface area contributed by atoms with Crippen LogP contribution in [-0.2, 0) is 0 Å². The van der Waals surface area contributed by atoms with Gasteiger partial charge in [0, 0.05) is 45.4 Å². The number of halogens is 2. The third-order valence-electron chi connectivity index (χ3n) is 7.08. The minimum absolute atomic E-state index is 0. The first-order valence-electron chi connectivity index (χ1n) is 12.9. The Morgan fingerprint density at radius 2 is 1.83 bits per heavy atom. The van der Waals surface area contributed by atoms with Crippen molar-refractivity contribution in [3.63, 3.8) is 0 Å². The van der Waals surface area contributed by atoms with Crippen LogP contribution in [-0.4, -0.2) is 33.7 Å². The Morgan fingerprint density at radius 3 is 2.39 bits per heavy atom. The minimum atomic E-state index is -0.952. The van der Waals surface area contributed by atoms with E-state index >= 15 is 0 Å². The van der Waals surface area contributed by atoms with Crippen molar-refractivity contribution in [3.05, 3.63) is 100 Å². The molecule has 0 unspecified atom stereocenters. The molecule has 0 amide bonds. The number of hydrogen-bond donors (Lipinski definition) is 1. The molecule has 0 bridgehead atoms. The topological polar surface area (TPSA) is 52.9 Å². The lowest BCUT2D eigenvalue weighted by Crippen LogP contribution is -2.34. The van der Waals surface area contributed by atoms with Crippen molar-refractivity contribution in [2.45, 2.75) is 52.9 Å².